The Morgan fingerprint density at radius 1 is 0.260 bits per heavy atom. The van der Waals surface area contributed by atoms with Gasteiger partial charge in [-0.25, -0.2) is 0 Å². The molecule has 104 heavy (non-hydrogen) atoms. The number of hydrogen-bond donors (Lipinski definition) is 16. The third kappa shape index (κ3) is 18.6. The number of carboxylic acid groups (broad SMARTS) is 4. The van der Waals surface area contributed by atoms with Crippen LogP contribution < -0.4 is 21.3 Å². The van der Waals surface area contributed by atoms with E-state index in [-0.39, 0.29) is 164 Å². The summed E-state index contributed by atoms with van der Waals surface area (Å²) in [6.45, 7) is 13.3. The lowest BCUT2D eigenvalue weighted by Crippen LogP contribution is -2.39. The Morgan fingerprint density at radius 3 is 0.548 bits per heavy atom. The Kier molecular flexibility index (Phi) is 26.2. The molecule has 0 heterocycles. The van der Waals surface area contributed by atoms with Gasteiger partial charge in [-0.3, -0.25) is 40.4 Å². The zero-order valence-corrected chi connectivity index (χ0v) is 60.5. The number of hydrogen-bond acceptors (Lipinski definition) is 16. The van der Waals surface area contributed by atoms with Gasteiger partial charge in [-0.05, 0) is 120 Å². The number of carbonyl (C=O) groups is 4. The fourth-order valence-corrected chi connectivity index (χ4v) is 14.6. The van der Waals surface area contributed by atoms with Gasteiger partial charge in [0.2, 0.25) is 0 Å². The fraction of sp³-hybridized carbons (Fsp3) is 0.381. The van der Waals surface area contributed by atoms with E-state index in [1.807, 2.05) is 55.4 Å². The molecule has 0 saturated heterocycles. The topological polar surface area (TPSA) is 359 Å². The van der Waals surface area contributed by atoms with Crippen LogP contribution in [0.15, 0.2) is 121 Å². The number of nitrogens with one attached hydrogen (secondary N) is 4. The molecule has 0 radical (unpaired) electrons. The zero-order chi connectivity index (χ0) is 75.4. The van der Waals surface area contributed by atoms with E-state index in [0.29, 0.717) is 22.3 Å². The average molecular weight is 1420 g/mol. The summed E-state index contributed by atoms with van der Waals surface area (Å²) in [7, 11) is 0. The van der Waals surface area contributed by atoms with Gasteiger partial charge in [0.1, 0.15) is 70.2 Å². The zero-order valence-electron chi connectivity index (χ0n) is 60.5. The predicted molar refractivity (Wildman–Crippen MR) is 398 cm³/mol. The lowest BCUT2D eigenvalue weighted by atomic mass is 9.78. The van der Waals surface area contributed by atoms with E-state index in [0.717, 1.165) is 0 Å². The number of carboxylic acids is 4. The molecule has 16 N–H and O–H groups in total. The van der Waals surface area contributed by atoms with E-state index in [9.17, 15) is 80.5 Å². The van der Waals surface area contributed by atoms with Crippen LogP contribution in [0.1, 0.15) is 167 Å². The van der Waals surface area contributed by atoms with Gasteiger partial charge in [0.05, 0.1) is 0 Å². The van der Waals surface area contributed by atoms with E-state index >= 15 is 0 Å². The average Bonchev–Trinajstić information content (AvgIpc) is 0.739. The molecule has 0 saturated carbocycles. The Balaban J connectivity index is 1.48. The van der Waals surface area contributed by atoms with Crippen molar-refractivity contribution in [3.05, 3.63) is 233 Å². The minimum Gasteiger partial charge on any atom is -0.507 e. The highest BCUT2D eigenvalue weighted by molar-refractivity contribution is 5.77. The van der Waals surface area contributed by atoms with Gasteiger partial charge in [0.25, 0.3) is 0 Å². The van der Waals surface area contributed by atoms with Crippen molar-refractivity contribution in [2.45, 2.75) is 183 Å². The fourth-order valence-electron chi connectivity index (χ4n) is 14.6. The Labute approximate surface area is 607 Å². The van der Waals surface area contributed by atoms with Crippen molar-refractivity contribution in [2.24, 2.45) is 23.7 Å². The monoisotopic (exact) mass is 1420 g/mol. The normalized spacial score (nSPS) is 13.5. The number of fused-ring (bicyclic) bond motifs is 8. The highest BCUT2D eigenvalue weighted by atomic mass is 16.4. The van der Waals surface area contributed by atoms with E-state index in [2.05, 4.69) is 21.3 Å². The number of benzene rings is 8. The Bertz CT molecular complexity index is 3700. The molecule has 0 spiro atoms. The molecule has 4 atom stereocenters. The predicted octanol–water partition coefficient (Wildman–Crippen LogP) is 11.9. The van der Waals surface area contributed by atoms with Gasteiger partial charge in [-0.1, -0.05) is 177 Å². The van der Waals surface area contributed by atoms with Crippen molar-refractivity contribution in [3.63, 3.8) is 0 Å². The first-order valence-electron chi connectivity index (χ1n) is 35.8. The summed E-state index contributed by atoms with van der Waals surface area (Å²) in [5.74, 6) is -9.66. The van der Waals surface area contributed by atoms with Crippen LogP contribution in [0.25, 0.3) is 0 Å². The standard InChI is InChI=1S/C84H100N4O16/c1-45(2)29-61-73(89)53-37-55-66(42-86-70(82(99)100)34-50-23-15-10-16-24-50)57(77(93)62(75(55)91)30-46(3)4)39-59-68(44-88-72(84(103)104)36-52-27-19-12-20-28-52)60(80(96)64(79(59)95)32-48(7)8)40-58-67(43-87-71(83(101)102)35-51-25-17-11-18-26-51)56(76(92)63(78(58)94)31-47(5)6)38-54(74(61)90)65(53)41-85-69(81(97)98)33-49-21-13-9-14-22-49/h9-28,45-48,69-72,85-96H,29-44H2,1-8H3,(H,97,98)(H,99,100)(H,101,102)(H,103,104)/t69-,70-,71-,72?/m0/s1. The maximum atomic E-state index is 13.6. The highest BCUT2D eigenvalue weighted by Gasteiger charge is 2.37. The number of phenols is 8. The third-order valence-electron chi connectivity index (χ3n) is 19.8. The first kappa shape index (κ1) is 78.0. The molecule has 0 aliphatic heterocycles. The largest absolute Gasteiger partial charge is 0.507 e. The van der Waals surface area contributed by atoms with Gasteiger partial charge in [-0.15, -0.1) is 0 Å². The molecule has 0 aromatic heterocycles. The van der Waals surface area contributed by atoms with Crippen LogP contribution in [0.2, 0.25) is 0 Å². The number of phenolic OH excluding ortho intramolecular Hbond substituents is 8. The second-order valence-corrected chi connectivity index (χ2v) is 29.4. The van der Waals surface area contributed by atoms with Crippen LogP contribution in [-0.2, 0) is 122 Å². The molecule has 20 nitrogen and oxygen atoms in total. The maximum Gasteiger partial charge on any atom is 0.321 e. The molecule has 1 aliphatic rings. The van der Waals surface area contributed by atoms with E-state index < -0.39 is 146 Å². The highest BCUT2D eigenvalue weighted by Crippen LogP contribution is 2.51. The maximum absolute atomic E-state index is 13.6. The van der Waals surface area contributed by atoms with Crippen molar-refractivity contribution in [1.29, 1.82) is 0 Å². The number of aromatic hydroxyl groups is 8. The molecule has 1 aliphatic carbocycles. The summed E-state index contributed by atoms with van der Waals surface area (Å²) < 4.78 is 0. The van der Waals surface area contributed by atoms with Gasteiger partial charge in [-0.2, -0.15) is 0 Å². The van der Waals surface area contributed by atoms with Gasteiger partial charge >= 0.3 is 23.9 Å². The molecule has 8 aromatic carbocycles. The Hall–Kier alpha value is -10.1. The summed E-state index contributed by atoms with van der Waals surface area (Å²) in [4.78, 5) is 54.4. The molecular weight excluding hydrogens is 1320 g/mol. The van der Waals surface area contributed by atoms with Crippen molar-refractivity contribution in [1.82, 2.24) is 21.3 Å². The van der Waals surface area contributed by atoms with E-state index in [4.69, 9.17) is 0 Å². The first-order chi connectivity index (χ1) is 49.5. The SMILES string of the molecule is CC(C)Cc1c(O)c2c(CNC(Cc3ccccc3)C(=O)O)c(c1O)Cc1c(O)c(CC(C)C)c(O)c(c1CN[C@@H](Cc1ccccc1)C(=O)O)Cc1c(O)c(CC(C)C)c(O)c(c1CN[C@@H](Cc1ccccc1)C(=O)O)Cc1c(O)c(CC(C)C)c(O)c(c1CN[C@@H](Cc1ccccc1)C(=O)O)C2. The molecule has 8 aromatic rings. The number of aliphatic carboxylic acids is 4. The van der Waals surface area contributed by atoms with Crippen molar-refractivity contribution in [2.75, 3.05) is 0 Å². The second-order valence-electron chi connectivity index (χ2n) is 29.4. The molecule has 1 unspecified atom stereocenters. The third-order valence-corrected chi connectivity index (χ3v) is 19.8. The number of rotatable bonds is 32. The lowest BCUT2D eigenvalue weighted by molar-refractivity contribution is -0.140. The van der Waals surface area contributed by atoms with Crippen LogP contribution >= 0.6 is 0 Å². The van der Waals surface area contributed by atoms with Crippen LogP contribution in [0.3, 0.4) is 0 Å². The van der Waals surface area contributed by atoms with Gasteiger partial charge in [0.15, 0.2) is 0 Å². The van der Waals surface area contributed by atoms with E-state index in [1.165, 1.54) is 0 Å². The van der Waals surface area contributed by atoms with Crippen LogP contribution in [0.5, 0.6) is 46.0 Å². The second kappa shape index (κ2) is 34.9. The Morgan fingerprint density at radius 2 is 0.413 bits per heavy atom. The minimum absolute atomic E-state index is 0.0210. The molecule has 0 amide bonds. The van der Waals surface area contributed by atoms with Crippen molar-refractivity contribution in [3.8, 4) is 46.0 Å². The quantitative estimate of drug-likeness (QED) is 0.0186. The molecular formula is C84H100N4O16. The molecule has 20 heteroatoms. The summed E-state index contributed by atoms with van der Waals surface area (Å²) in [5.41, 5.74) is 3.55. The van der Waals surface area contributed by atoms with Crippen LogP contribution in [0.4, 0.5) is 0 Å². The lowest BCUT2D eigenvalue weighted by Gasteiger charge is -2.30. The summed E-state index contributed by atoms with van der Waals surface area (Å²) in [5, 5.41) is 164. The summed E-state index contributed by atoms with van der Waals surface area (Å²) in [6, 6.07) is 30.2. The van der Waals surface area contributed by atoms with Crippen LogP contribution in [-0.4, -0.2) is 109 Å². The summed E-state index contributed by atoms with van der Waals surface area (Å²) >= 11 is 0. The summed E-state index contributed by atoms with van der Waals surface area (Å²) in [6.07, 6.45) is -2.00. The van der Waals surface area contributed by atoms with E-state index in [1.54, 1.807) is 121 Å². The first-order valence-corrected chi connectivity index (χ1v) is 35.8. The molecule has 9 rings (SSSR count). The van der Waals surface area contributed by atoms with Crippen LogP contribution in [0, 0.1) is 23.7 Å². The smallest absolute Gasteiger partial charge is 0.321 e. The van der Waals surface area contributed by atoms with Crippen molar-refractivity contribution >= 4 is 23.9 Å². The van der Waals surface area contributed by atoms with Gasteiger partial charge in [0, 0.05) is 119 Å². The minimum atomic E-state index is -1.33. The van der Waals surface area contributed by atoms with Gasteiger partial charge < -0.3 is 61.3 Å². The molecule has 0 fully saturated rings. The molecule has 552 valence electrons. The van der Waals surface area contributed by atoms with Crippen molar-refractivity contribution < 1.29 is 80.5 Å². The molecule has 8 bridgehead atoms.